The van der Waals surface area contributed by atoms with E-state index < -0.39 is 0 Å². The van der Waals surface area contributed by atoms with Crippen molar-refractivity contribution in [2.45, 2.75) is 33.7 Å². The first kappa shape index (κ1) is 13.9. The number of nitrogens with zero attached hydrogens (tertiary/aromatic N) is 1. The zero-order valence-electron chi connectivity index (χ0n) is 11.3. The zero-order valence-corrected chi connectivity index (χ0v) is 11.3. The van der Waals surface area contributed by atoms with Crippen LogP contribution >= 0.6 is 0 Å². The minimum Gasteiger partial charge on any atom is -0.300 e. The Morgan fingerprint density at radius 2 is 1.76 bits per heavy atom. The summed E-state index contributed by atoms with van der Waals surface area (Å²) in [6, 6.07) is 10.1. The number of hydrogen-bond donors (Lipinski definition) is 0. The number of ketones is 1. The molecule has 0 aliphatic rings. The molecule has 0 amide bonds. The van der Waals surface area contributed by atoms with Gasteiger partial charge in [-0.25, -0.2) is 0 Å². The van der Waals surface area contributed by atoms with Gasteiger partial charge in [0, 0.05) is 24.1 Å². The van der Waals surface area contributed by atoms with E-state index in [-0.39, 0.29) is 11.7 Å². The fourth-order valence-corrected chi connectivity index (χ4v) is 2.03. The van der Waals surface area contributed by atoms with E-state index in [0.29, 0.717) is 6.04 Å². The maximum Gasteiger partial charge on any atom is 0.166 e. The van der Waals surface area contributed by atoms with Crippen LogP contribution in [0.15, 0.2) is 30.3 Å². The van der Waals surface area contributed by atoms with E-state index >= 15 is 0 Å². The number of hydrogen-bond acceptors (Lipinski definition) is 2. The van der Waals surface area contributed by atoms with Crippen LogP contribution in [0.4, 0.5) is 0 Å². The molecule has 0 aromatic heterocycles. The highest BCUT2D eigenvalue weighted by Gasteiger charge is 2.18. The molecule has 0 aliphatic heterocycles. The lowest BCUT2D eigenvalue weighted by atomic mass is 9.98. The summed E-state index contributed by atoms with van der Waals surface area (Å²) in [5.74, 6) is 0.296. The van der Waals surface area contributed by atoms with Gasteiger partial charge in [-0.3, -0.25) is 4.79 Å². The summed E-state index contributed by atoms with van der Waals surface area (Å²) in [6.45, 7) is 10.3. The molecule has 0 saturated carbocycles. The molecule has 17 heavy (non-hydrogen) atoms. The summed E-state index contributed by atoms with van der Waals surface area (Å²) in [5.41, 5.74) is 0.819. The van der Waals surface area contributed by atoms with E-state index in [2.05, 4.69) is 25.7 Å². The Morgan fingerprint density at radius 1 is 1.18 bits per heavy atom. The van der Waals surface area contributed by atoms with Gasteiger partial charge in [0.2, 0.25) is 0 Å². The molecule has 0 bridgehead atoms. The SMILES string of the molecule is CCN(CC(C)C(=O)c1ccccc1)C(C)C. The second kappa shape index (κ2) is 6.55. The van der Waals surface area contributed by atoms with Crippen molar-refractivity contribution >= 4 is 5.78 Å². The molecule has 0 N–H and O–H groups in total. The van der Waals surface area contributed by atoms with Crippen LogP contribution in [0, 0.1) is 5.92 Å². The van der Waals surface area contributed by atoms with Crippen molar-refractivity contribution < 1.29 is 4.79 Å². The molecule has 0 spiro atoms. The van der Waals surface area contributed by atoms with Crippen molar-refractivity contribution in [3.63, 3.8) is 0 Å². The van der Waals surface area contributed by atoms with Gasteiger partial charge in [-0.05, 0) is 20.4 Å². The van der Waals surface area contributed by atoms with Crippen LogP contribution in [0.3, 0.4) is 0 Å². The second-order valence-corrected chi connectivity index (χ2v) is 4.81. The first-order valence-electron chi connectivity index (χ1n) is 6.39. The second-order valence-electron chi connectivity index (χ2n) is 4.81. The Morgan fingerprint density at radius 3 is 2.24 bits per heavy atom. The van der Waals surface area contributed by atoms with Crippen molar-refractivity contribution in [2.24, 2.45) is 5.92 Å². The molecule has 0 heterocycles. The van der Waals surface area contributed by atoms with Crippen LogP contribution in [0.25, 0.3) is 0 Å². The molecular weight excluding hydrogens is 210 g/mol. The Kier molecular flexibility index (Phi) is 5.36. The number of benzene rings is 1. The molecule has 0 fully saturated rings. The third kappa shape index (κ3) is 3.97. The molecule has 0 aliphatic carbocycles. The van der Waals surface area contributed by atoms with Crippen molar-refractivity contribution in [1.29, 1.82) is 0 Å². The van der Waals surface area contributed by atoms with Crippen LogP contribution in [0.5, 0.6) is 0 Å². The molecule has 2 nitrogen and oxygen atoms in total. The summed E-state index contributed by atoms with van der Waals surface area (Å²) in [5, 5.41) is 0. The molecule has 2 heteroatoms. The van der Waals surface area contributed by atoms with Crippen LogP contribution < -0.4 is 0 Å². The summed E-state index contributed by atoms with van der Waals surface area (Å²) < 4.78 is 0. The van der Waals surface area contributed by atoms with Crippen LogP contribution in [-0.4, -0.2) is 29.8 Å². The minimum absolute atomic E-state index is 0.0553. The zero-order chi connectivity index (χ0) is 12.8. The third-order valence-corrected chi connectivity index (χ3v) is 3.15. The first-order chi connectivity index (χ1) is 8.06. The largest absolute Gasteiger partial charge is 0.300 e. The quantitative estimate of drug-likeness (QED) is 0.703. The maximum absolute atomic E-state index is 12.2. The molecular formula is C15H23NO. The standard InChI is InChI=1S/C15H23NO/c1-5-16(12(2)3)11-13(4)15(17)14-9-7-6-8-10-14/h6-10,12-13H,5,11H2,1-4H3. The van der Waals surface area contributed by atoms with Gasteiger partial charge in [-0.2, -0.15) is 0 Å². The van der Waals surface area contributed by atoms with Gasteiger partial charge >= 0.3 is 0 Å². The fourth-order valence-electron chi connectivity index (χ4n) is 2.03. The van der Waals surface area contributed by atoms with E-state index in [0.717, 1.165) is 18.7 Å². The monoisotopic (exact) mass is 233 g/mol. The molecule has 1 rings (SSSR count). The molecule has 1 atom stereocenters. The highest BCUT2D eigenvalue weighted by atomic mass is 16.1. The number of carbonyl (C=O) groups excluding carboxylic acids is 1. The van der Waals surface area contributed by atoms with Crippen molar-refractivity contribution in [2.75, 3.05) is 13.1 Å². The summed E-state index contributed by atoms with van der Waals surface area (Å²) in [7, 11) is 0. The van der Waals surface area contributed by atoms with E-state index in [4.69, 9.17) is 0 Å². The lowest BCUT2D eigenvalue weighted by Gasteiger charge is -2.27. The molecule has 0 saturated heterocycles. The van der Waals surface area contributed by atoms with Crippen LogP contribution in [0.2, 0.25) is 0 Å². The smallest absolute Gasteiger partial charge is 0.166 e. The number of carbonyl (C=O) groups is 1. The minimum atomic E-state index is 0.0553. The summed E-state index contributed by atoms with van der Waals surface area (Å²) >= 11 is 0. The molecule has 0 radical (unpaired) electrons. The van der Waals surface area contributed by atoms with E-state index in [1.807, 2.05) is 37.3 Å². The summed E-state index contributed by atoms with van der Waals surface area (Å²) in [6.07, 6.45) is 0. The van der Waals surface area contributed by atoms with Gasteiger partial charge in [-0.15, -0.1) is 0 Å². The van der Waals surface area contributed by atoms with E-state index in [1.165, 1.54) is 0 Å². The highest BCUT2D eigenvalue weighted by molar-refractivity contribution is 5.97. The van der Waals surface area contributed by atoms with E-state index in [1.54, 1.807) is 0 Å². The van der Waals surface area contributed by atoms with Crippen LogP contribution in [0.1, 0.15) is 38.1 Å². The van der Waals surface area contributed by atoms with Gasteiger partial charge in [0.25, 0.3) is 0 Å². The van der Waals surface area contributed by atoms with E-state index in [9.17, 15) is 4.79 Å². The van der Waals surface area contributed by atoms with Gasteiger partial charge < -0.3 is 4.90 Å². The van der Waals surface area contributed by atoms with Gasteiger partial charge in [0.15, 0.2) is 5.78 Å². The Labute approximate surface area is 105 Å². The molecule has 1 aromatic rings. The maximum atomic E-state index is 12.2. The average Bonchev–Trinajstić information content (AvgIpc) is 2.35. The lowest BCUT2D eigenvalue weighted by molar-refractivity contribution is 0.0881. The Balaban J connectivity index is 2.64. The predicted octanol–water partition coefficient (Wildman–Crippen LogP) is 3.24. The van der Waals surface area contributed by atoms with Crippen molar-refractivity contribution in [3.8, 4) is 0 Å². The molecule has 1 unspecified atom stereocenters. The average molecular weight is 233 g/mol. The van der Waals surface area contributed by atoms with Gasteiger partial charge in [0.05, 0.1) is 0 Å². The van der Waals surface area contributed by atoms with Gasteiger partial charge in [-0.1, -0.05) is 44.2 Å². The normalized spacial score (nSPS) is 13.1. The topological polar surface area (TPSA) is 20.3 Å². The summed E-state index contributed by atoms with van der Waals surface area (Å²) in [4.78, 5) is 14.5. The predicted molar refractivity (Wildman–Crippen MR) is 72.3 cm³/mol. The van der Waals surface area contributed by atoms with Crippen LogP contribution in [-0.2, 0) is 0 Å². The molecule has 1 aromatic carbocycles. The Hall–Kier alpha value is -1.15. The third-order valence-electron chi connectivity index (χ3n) is 3.15. The number of rotatable bonds is 6. The Bertz CT molecular complexity index is 345. The fraction of sp³-hybridized carbons (Fsp3) is 0.533. The van der Waals surface area contributed by atoms with Crippen molar-refractivity contribution in [3.05, 3.63) is 35.9 Å². The highest BCUT2D eigenvalue weighted by Crippen LogP contribution is 2.11. The van der Waals surface area contributed by atoms with Gasteiger partial charge in [0.1, 0.15) is 0 Å². The van der Waals surface area contributed by atoms with Crippen molar-refractivity contribution in [1.82, 2.24) is 4.90 Å². The lowest BCUT2D eigenvalue weighted by Crippen LogP contribution is -2.36. The number of Topliss-reactive ketones (excluding diaryl/α,β-unsaturated/α-hetero) is 1. The first-order valence-corrected chi connectivity index (χ1v) is 6.39. The molecule has 94 valence electrons.